The number of alkyl halides is 3. The van der Waals surface area contributed by atoms with Gasteiger partial charge in [-0.1, -0.05) is 6.42 Å². The minimum absolute atomic E-state index is 0.00269. The van der Waals surface area contributed by atoms with E-state index >= 15 is 0 Å². The lowest BCUT2D eigenvalue weighted by Crippen LogP contribution is -2.52. The Kier molecular flexibility index (Phi) is 4.54. The molecule has 2 nitrogen and oxygen atoms in total. The van der Waals surface area contributed by atoms with Crippen LogP contribution in [0, 0.1) is 5.92 Å². The van der Waals surface area contributed by atoms with E-state index in [-0.39, 0.29) is 6.04 Å². The molecule has 0 spiro atoms. The van der Waals surface area contributed by atoms with E-state index in [9.17, 15) is 13.2 Å². The molecule has 0 aromatic heterocycles. The number of rotatable bonds is 4. The number of piperidine rings is 1. The van der Waals surface area contributed by atoms with Crippen LogP contribution in [0.1, 0.15) is 39.0 Å². The average molecular weight is 264 g/mol. The standard InChI is InChI=1S/C13H23F3N2/c1-10(11-4-2-5-11)18-7-3-6-12(8-18)17-9-13(14,15)16/h10-12,17H,2-9H2,1H3. The summed E-state index contributed by atoms with van der Waals surface area (Å²) in [5, 5.41) is 2.65. The van der Waals surface area contributed by atoms with Crippen molar-refractivity contribution < 1.29 is 13.2 Å². The lowest BCUT2D eigenvalue weighted by molar-refractivity contribution is -0.127. The molecule has 18 heavy (non-hydrogen) atoms. The third kappa shape index (κ3) is 3.85. The highest BCUT2D eigenvalue weighted by molar-refractivity contribution is 4.87. The van der Waals surface area contributed by atoms with Gasteiger partial charge in [-0.3, -0.25) is 4.90 Å². The fraction of sp³-hybridized carbons (Fsp3) is 1.00. The van der Waals surface area contributed by atoms with Crippen LogP contribution in [0.15, 0.2) is 0 Å². The number of halogens is 3. The van der Waals surface area contributed by atoms with Crippen LogP contribution in [0.4, 0.5) is 13.2 Å². The van der Waals surface area contributed by atoms with Crippen molar-refractivity contribution in [1.29, 1.82) is 0 Å². The van der Waals surface area contributed by atoms with Crippen LogP contribution >= 0.6 is 0 Å². The first-order valence-electron chi connectivity index (χ1n) is 7.00. The number of hydrogen-bond donors (Lipinski definition) is 1. The van der Waals surface area contributed by atoms with Gasteiger partial charge in [-0.05, 0) is 45.1 Å². The normalized spacial score (nSPS) is 29.0. The van der Waals surface area contributed by atoms with E-state index in [4.69, 9.17) is 0 Å². The second kappa shape index (κ2) is 5.78. The first kappa shape index (κ1) is 14.1. The third-order valence-electron chi connectivity index (χ3n) is 4.45. The Morgan fingerprint density at radius 2 is 1.94 bits per heavy atom. The summed E-state index contributed by atoms with van der Waals surface area (Å²) in [5.74, 6) is 0.770. The highest BCUT2D eigenvalue weighted by atomic mass is 19.4. The maximum atomic E-state index is 12.2. The fourth-order valence-electron chi connectivity index (χ4n) is 3.02. The molecule has 2 unspecified atom stereocenters. The molecule has 2 fully saturated rings. The van der Waals surface area contributed by atoms with Crippen molar-refractivity contribution in [1.82, 2.24) is 10.2 Å². The largest absolute Gasteiger partial charge is 0.401 e. The molecule has 1 saturated heterocycles. The Labute approximate surface area is 107 Å². The van der Waals surface area contributed by atoms with Crippen LogP contribution in [-0.4, -0.2) is 42.8 Å². The number of hydrogen-bond acceptors (Lipinski definition) is 2. The Morgan fingerprint density at radius 3 is 2.50 bits per heavy atom. The Morgan fingerprint density at radius 1 is 1.22 bits per heavy atom. The Bertz CT molecular complexity index is 263. The summed E-state index contributed by atoms with van der Waals surface area (Å²) in [7, 11) is 0. The molecule has 1 heterocycles. The molecular weight excluding hydrogens is 241 g/mol. The summed E-state index contributed by atoms with van der Waals surface area (Å²) < 4.78 is 36.5. The molecule has 0 aromatic rings. The summed E-state index contributed by atoms with van der Waals surface area (Å²) in [5.41, 5.74) is 0. The van der Waals surface area contributed by atoms with Gasteiger partial charge in [0, 0.05) is 18.6 Å². The first-order valence-corrected chi connectivity index (χ1v) is 7.00. The lowest BCUT2D eigenvalue weighted by atomic mass is 9.79. The predicted molar refractivity (Wildman–Crippen MR) is 65.5 cm³/mol. The number of nitrogens with one attached hydrogen (secondary N) is 1. The van der Waals surface area contributed by atoms with Gasteiger partial charge in [-0.15, -0.1) is 0 Å². The summed E-state index contributed by atoms with van der Waals surface area (Å²) in [4.78, 5) is 2.38. The quantitative estimate of drug-likeness (QED) is 0.840. The summed E-state index contributed by atoms with van der Waals surface area (Å²) in [6.07, 6.45) is 1.67. The van der Waals surface area contributed by atoms with Gasteiger partial charge >= 0.3 is 6.18 Å². The summed E-state index contributed by atoms with van der Waals surface area (Å²) in [6.45, 7) is 3.19. The van der Waals surface area contributed by atoms with Crippen molar-refractivity contribution in [3.8, 4) is 0 Å². The minimum atomic E-state index is -4.10. The van der Waals surface area contributed by atoms with E-state index in [0.29, 0.717) is 6.04 Å². The average Bonchev–Trinajstić information content (AvgIpc) is 2.23. The SMILES string of the molecule is CC(C1CCC1)N1CCCC(NCC(F)(F)F)C1. The second-order valence-corrected chi connectivity index (χ2v) is 5.76. The lowest BCUT2D eigenvalue weighted by Gasteiger charge is -2.43. The van der Waals surface area contributed by atoms with Gasteiger partial charge in [0.05, 0.1) is 6.54 Å². The molecule has 2 rings (SSSR count). The zero-order valence-corrected chi connectivity index (χ0v) is 11.0. The molecule has 2 aliphatic rings. The van der Waals surface area contributed by atoms with E-state index in [1.54, 1.807) is 0 Å². The zero-order valence-electron chi connectivity index (χ0n) is 11.0. The van der Waals surface area contributed by atoms with Gasteiger partial charge in [0.25, 0.3) is 0 Å². The van der Waals surface area contributed by atoms with E-state index in [2.05, 4.69) is 17.1 Å². The Hall–Kier alpha value is -0.290. The molecule has 5 heteroatoms. The van der Waals surface area contributed by atoms with E-state index < -0.39 is 12.7 Å². The summed E-state index contributed by atoms with van der Waals surface area (Å²) >= 11 is 0. The van der Waals surface area contributed by atoms with E-state index in [1.165, 1.54) is 19.3 Å². The van der Waals surface area contributed by atoms with Crippen LogP contribution in [0.2, 0.25) is 0 Å². The van der Waals surface area contributed by atoms with Crippen molar-refractivity contribution in [2.75, 3.05) is 19.6 Å². The van der Waals surface area contributed by atoms with Gasteiger partial charge in [-0.25, -0.2) is 0 Å². The third-order valence-corrected chi connectivity index (χ3v) is 4.45. The molecular formula is C13H23F3N2. The maximum absolute atomic E-state index is 12.2. The molecule has 106 valence electrons. The topological polar surface area (TPSA) is 15.3 Å². The molecule has 2 atom stereocenters. The van der Waals surface area contributed by atoms with Crippen molar-refractivity contribution in [3.63, 3.8) is 0 Å². The van der Waals surface area contributed by atoms with Gasteiger partial charge < -0.3 is 5.32 Å². The smallest absolute Gasteiger partial charge is 0.305 e. The van der Waals surface area contributed by atoms with Crippen LogP contribution in [0.5, 0.6) is 0 Å². The van der Waals surface area contributed by atoms with Gasteiger partial charge in [0.1, 0.15) is 0 Å². The molecule has 1 N–H and O–H groups in total. The highest BCUT2D eigenvalue weighted by Gasteiger charge is 2.33. The maximum Gasteiger partial charge on any atom is 0.401 e. The van der Waals surface area contributed by atoms with Crippen LogP contribution in [-0.2, 0) is 0 Å². The fourth-order valence-corrected chi connectivity index (χ4v) is 3.02. The predicted octanol–water partition coefficient (Wildman–Crippen LogP) is 2.79. The number of likely N-dealkylation sites (tertiary alicyclic amines) is 1. The molecule has 0 amide bonds. The van der Waals surface area contributed by atoms with Crippen LogP contribution in [0.3, 0.4) is 0 Å². The monoisotopic (exact) mass is 264 g/mol. The van der Waals surface area contributed by atoms with Gasteiger partial charge in [-0.2, -0.15) is 13.2 Å². The van der Waals surface area contributed by atoms with Crippen molar-refractivity contribution in [3.05, 3.63) is 0 Å². The van der Waals surface area contributed by atoms with Gasteiger partial charge in [0.15, 0.2) is 0 Å². The van der Waals surface area contributed by atoms with Crippen LogP contribution in [0.25, 0.3) is 0 Å². The van der Waals surface area contributed by atoms with Gasteiger partial charge in [0.2, 0.25) is 0 Å². The molecule has 1 aliphatic heterocycles. The van der Waals surface area contributed by atoms with Crippen molar-refractivity contribution >= 4 is 0 Å². The van der Waals surface area contributed by atoms with Crippen molar-refractivity contribution in [2.24, 2.45) is 5.92 Å². The van der Waals surface area contributed by atoms with Crippen LogP contribution < -0.4 is 5.32 Å². The summed E-state index contributed by atoms with van der Waals surface area (Å²) in [6, 6.07) is 0.539. The van der Waals surface area contributed by atoms with E-state index in [0.717, 1.165) is 31.8 Å². The molecule has 1 saturated carbocycles. The first-order chi connectivity index (χ1) is 8.46. The number of nitrogens with zero attached hydrogens (tertiary/aromatic N) is 1. The molecule has 1 aliphatic carbocycles. The molecule has 0 radical (unpaired) electrons. The van der Waals surface area contributed by atoms with Crippen molar-refractivity contribution in [2.45, 2.75) is 57.3 Å². The Balaban J connectivity index is 1.77. The second-order valence-electron chi connectivity index (χ2n) is 5.76. The highest BCUT2D eigenvalue weighted by Crippen LogP contribution is 2.33. The molecule has 0 bridgehead atoms. The minimum Gasteiger partial charge on any atom is -0.305 e. The zero-order chi connectivity index (χ0) is 13.2. The van der Waals surface area contributed by atoms with E-state index in [1.807, 2.05) is 0 Å². The molecule has 0 aromatic carbocycles.